The Labute approximate surface area is 188 Å². The van der Waals surface area contributed by atoms with Crippen LogP contribution >= 0.6 is 0 Å². The van der Waals surface area contributed by atoms with E-state index in [2.05, 4.69) is 28.1 Å². The van der Waals surface area contributed by atoms with Gasteiger partial charge in [-0.2, -0.15) is 0 Å². The number of anilines is 2. The minimum absolute atomic E-state index is 0.00705. The van der Waals surface area contributed by atoms with Gasteiger partial charge in [-0.1, -0.05) is 31.4 Å². The molecule has 1 N–H and O–H groups in total. The molecule has 1 aromatic heterocycles. The highest BCUT2D eigenvalue weighted by Crippen LogP contribution is 2.35. The van der Waals surface area contributed by atoms with Crippen LogP contribution in [0.15, 0.2) is 42.6 Å². The fourth-order valence-electron chi connectivity index (χ4n) is 5.15. The first-order valence-electron chi connectivity index (χ1n) is 11.7. The van der Waals surface area contributed by atoms with Gasteiger partial charge in [0, 0.05) is 38.4 Å². The normalized spacial score (nSPS) is 20.6. The van der Waals surface area contributed by atoms with Crippen molar-refractivity contribution in [2.75, 3.05) is 36.0 Å². The Morgan fingerprint density at radius 1 is 1.00 bits per heavy atom. The number of carboxylic acid groups (broad SMARTS) is 1. The Bertz CT molecular complexity index is 981. The van der Waals surface area contributed by atoms with E-state index < -0.39 is 5.97 Å². The van der Waals surface area contributed by atoms with Crippen LogP contribution in [0.3, 0.4) is 0 Å². The Kier molecular flexibility index (Phi) is 5.83. The summed E-state index contributed by atoms with van der Waals surface area (Å²) in [6.07, 6.45) is 8.18. The first-order valence-corrected chi connectivity index (χ1v) is 11.7. The van der Waals surface area contributed by atoms with Crippen LogP contribution in [0, 0.1) is 5.92 Å². The lowest BCUT2D eigenvalue weighted by Gasteiger charge is -2.36. The van der Waals surface area contributed by atoms with E-state index in [0.717, 1.165) is 17.1 Å². The highest BCUT2D eigenvalue weighted by atomic mass is 16.4. The number of carbonyl (C=O) groups excluding carboxylic acids is 1. The summed E-state index contributed by atoms with van der Waals surface area (Å²) in [5.74, 6) is -0.378. The maximum absolute atomic E-state index is 13.2. The monoisotopic (exact) mass is 434 g/mol. The van der Waals surface area contributed by atoms with Crippen LogP contribution in [0.2, 0.25) is 0 Å². The number of pyridine rings is 1. The van der Waals surface area contributed by atoms with E-state index >= 15 is 0 Å². The van der Waals surface area contributed by atoms with Gasteiger partial charge in [0.25, 0.3) is 0 Å². The zero-order chi connectivity index (χ0) is 22.1. The van der Waals surface area contributed by atoms with E-state index in [1.807, 2.05) is 23.1 Å². The molecule has 2 aromatic rings. The van der Waals surface area contributed by atoms with Gasteiger partial charge in [-0.25, -0.2) is 4.79 Å². The van der Waals surface area contributed by atoms with E-state index in [0.29, 0.717) is 38.6 Å². The van der Waals surface area contributed by atoms with E-state index in [9.17, 15) is 9.59 Å². The lowest BCUT2D eigenvalue weighted by molar-refractivity contribution is -0.147. The predicted octanol–water partition coefficient (Wildman–Crippen LogP) is 4.09. The predicted molar refractivity (Wildman–Crippen MR) is 123 cm³/mol. The van der Waals surface area contributed by atoms with Crippen LogP contribution in [-0.4, -0.2) is 53.2 Å². The summed E-state index contributed by atoms with van der Waals surface area (Å²) >= 11 is 0. The summed E-state index contributed by atoms with van der Waals surface area (Å²) in [5, 5.41) is 9.00. The van der Waals surface area contributed by atoms with Crippen molar-refractivity contribution < 1.29 is 14.7 Å². The number of nitrogens with zero attached hydrogens (tertiary/aromatic N) is 4. The van der Waals surface area contributed by atoms with Crippen molar-refractivity contribution in [1.82, 2.24) is 9.88 Å². The number of amides is 2. The maximum Gasteiger partial charge on any atom is 0.329 e. The number of carboxylic acids is 1. The van der Waals surface area contributed by atoms with Crippen LogP contribution in [0.25, 0.3) is 0 Å². The first kappa shape index (κ1) is 20.9. The fraction of sp³-hybridized carbons (Fsp3) is 0.480. The maximum atomic E-state index is 13.2. The van der Waals surface area contributed by atoms with Crippen LogP contribution in [0.5, 0.6) is 0 Å². The highest BCUT2D eigenvalue weighted by molar-refractivity contribution is 6.06. The molecule has 168 valence electrons. The lowest BCUT2D eigenvalue weighted by atomic mass is 9.84. The Hall–Kier alpha value is -2.93. The SMILES string of the molecule is O=C(O)C1CN(Cc2ccc(N3CCN(c4cccc(C5CCCCC5)c4)C3=O)cn2)C1. The van der Waals surface area contributed by atoms with E-state index in [1.54, 1.807) is 11.1 Å². The number of hydrogen-bond acceptors (Lipinski definition) is 4. The molecule has 0 radical (unpaired) electrons. The average molecular weight is 435 g/mol. The number of likely N-dealkylation sites (tertiary alicyclic amines) is 1. The molecule has 0 spiro atoms. The van der Waals surface area contributed by atoms with Crippen molar-refractivity contribution >= 4 is 23.4 Å². The van der Waals surface area contributed by atoms with Crippen LogP contribution in [-0.2, 0) is 11.3 Å². The number of benzene rings is 1. The van der Waals surface area contributed by atoms with Gasteiger partial charge in [0.2, 0.25) is 0 Å². The van der Waals surface area contributed by atoms with Gasteiger partial charge in [-0.05, 0) is 48.6 Å². The van der Waals surface area contributed by atoms with Crippen molar-refractivity contribution in [2.24, 2.45) is 5.92 Å². The molecule has 1 aliphatic carbocycles. The second-order valence-electron chi connectivity index (χ2n) is 9.25. The molecule has 2 aliphatic heterocycles. The van der Waals surface area contributed by atoms with Gasteiger partial charge < -0.3 is 5.11 Å². The van der Waals surface area contributed by atoms with Crippen LogP contribution in [0.4, 0.5) is 16.2 Å². The number of rotatable bonds is 6. The molecule has 5 rings (SSSR count). The Morgan fingerprint density at radius 3 is 2.44 bits per heavy atom. The minimum atomic E-state index is -0.731. The summed E-state index contributed by atoms with van der Waals surface area (Å²) in [5.41, 5.74) is 4.03. The molecule has 2 amide bonds. The number of aromatic nitrogens is 1. The van der Waals surface area contributed by atoms with Crippen molar-refractivity contribution in [3.63, 3.8) is 0 Å². The molecule has 0 unspecified atom stereocenters. The molecule has 7 nitrogen and oxygen atoms in total. The Morgan fingerprint density at radius 2 is 1.75 bits per heavy atom. The third-order valence-electron chi connectivity index (χ3n) is 7.08. The van der Waals surface area contributed by atoms with E-state index in [-0.39, 0.29) is 11.9 Å². The first-order chi connectivity index (χ1) is 15.6. The van der Waals surface area contributed by atoms with Gasteiger partial charge in [0.1, 0.15) is 0 Å². The molecule has 3 heterocycles. The molecule has 3 aliphatic rings. The van der Waals surface area contributed by atoms with Crippen LogP contribution in [0.1, 0.15) is 49.3 Å². The summed E-state index contributed by atoms with van der Waals surface area (Å²) < 4.78 is 0. The zero-order valence-corrected chi connectivity index (χ0v) is 18.3. The van der Waals surface area contributed by atoms with Gasteiger partial charge in [-0.3, -0.25) is 24.5 Å². The topological polar surface area (TPSA) is 77.0 Å². The second kappa shape index (κ2) is 8.90. The number of carbonyl (C=O) groups is 2. The molecule has 0 bridgehead atoms. The fourth-order valence-corrected chi connectivity index (χ4v) is 5.15. The molecular weight excluding hydrogens is 404 g/mol. The van der Waals surface area contributed by atoms with Crippen molar-refractivity contribution in [3.8, 4) is 0 Å². The zero-order valence-electron chi connectivity index (χ0n) is 18.3. The lowest BCUT2D eigenvalue weighted by Crippen LogP contribution is -2.49. The van der Waals surface area contributed by atoms with Gasteiger partial charge in [0.15, 0.2) is 0 Å². The number of aliphatic carboxylic acids is 1. The van der Waals surface area contributed by atoms with Crippen LogP contribution < -0.4 is 9.80 Å². The van der Waals surface area contributed by atoms with E-state index in [4.69, 9.17) is 5.11 Å². The molecule has 1 aromatic carbocycles. The molecular formula is C25H30N4O3. The summed E-state index contributed by atoms with van der Waals surface area (Å²) in [6.45, 7) is 3.08. The standard InChI is InChI=1S/C25H30N4O3/c30-24(31)20-15-27(16-20)17-21-9-10-23(14-26-21)29-12-11-28(25(29)32)22-8-4-7-19(13-22)18-5-2-1-3-6-18/h4,7-10,13-14,18,20H,1-3,5-6,11-12,15-17H2,(H,30,31). The highest BCUT2D eigenvalue weighted by Gasteiger charge is 2.33. The van der Waals surface area contributed by atoms with Gasteiger partial charge >= 0.3 is 12.0 Å². The molecule has 1 saturated carbocycles. The minimum Gasteiger partial charge on any atom is -0.481 e. The van der Waals surface area contributed by atoms with Crippen molar-refractivity contribution in [2.45, 2.75) is 44.6 Å². The molecule has 2 saturated heterocycles. The third-order valence-corrected chi connectivity index (χ3v) is 7.08. The van der Waals surface area contributed by atoms with Gasteiger partial charge in [-0.15, -0.1) is 0 Å². The third kappa shape index (κ3) is 4.21. The smallest absolute Gasteiger partial charge is 0.329 e. The second-order valence-corrected chi connectivity index (χ2v) is 9.25. The summed E-state index contributed by atoms with van der Waals surface area (Å²) in [7, 11) is 0. The summed E-state index contributed by atoms with van der Waals surface area (Å²) in [6, 6.07) is 12.4. The molecule has 32 heavy (non-hydrogen) atoms. The Balaban J connectivity index is 1.22. The van der Waals surface area contributed by atoms with E-state index in [1.165, 1.54) is 37.7 Å². The quantitative estimate of drug-likeness (QED) is 0.741. The number of hydrogen-bond donors (Lipinski definition) is 1. The number of urea groups is 1. The van der Waals surface area contributed by atoms with Gasteiger partial charge in [0.05, 0.1) is 23.5 Å². The summed E-state index contributed by atoms with van der Waals surface area (Å²) in [4.78, 5) is 34.4. The molecule has 3 fully saturated rings. The van der Waals surface area contributed by atoms with Crippen molar-refractivity contribution in [3.05, 3.63) is 53.9 Å². The molecule has 7 heteroatoms. The largest absolute Gasteiger partial charge is 0.481 e. The van der Waals surface area contributed by atoms with Crippen molar-refractivity contribution in [1.29, 1.82) is 0 Å². The molecule has 0 atom stereocenters. The average Bonchev–Trinajstić information content (AvgIpc) is 3.18.